The first-order valence-electron chi connectivity index (χ1n) is 12.6. The summed E-state index contributed by atoms with van der Waals surface area (Å²) in [6, 6.07) is 18.4. The number of likely N-dealkylation sites (tertiary alicyclic amines) is 1. The summed E-state index contributed by atoms with van der Waals surface area (Å²) in [5, 5.41) is 7.98. The zero-order valence-corrected chi connectivity index (χ0v) is 20.1. The van der Waals surface area contributed by atoms with E-state index in [1.165, 1.54) is 17.5 Å². The number of anilines is 1. The number of rotatable bonds is 8. The minimum atomic E-state index is -0.256. The average Bonchev–Trinajstić information content (AvgIpc) is 3.50. The van der Waals surface area contributed by atoms with Crippen LogP contribution in [0.4, 0.5) is 5.82 Å². The van der Waals surface area contributed by atoms with Crippen molar-refractivity contribution in [1.29, 1.82) is 0 Å². The molecule has 1 aliphatic heterocycles. The third kappa shape index (κ3) is 5.62. The van der Waals surface area contributed by atoms with E-state index in [1.807, 2.05) is 41.1 Å². The number of primary amides is 1. The smallest absolute Gasteiger partial charge is 0.239 e. The van der Waals surface area contributed by atoms with Gasteiger partial charge in [0.2, 0.25) is 11.8 Å². The molecule has 3 aromatic rings. The first-order chi connectivity index (χ1) is 17.0. The number of aromatic nitrogens is 2. The predicted octanol–water partition coefficient (Wildman–Crippen LogP) is 3.94. The molecule has 182 valence electrons. The lowest BCUT2D eigenvalue weighted by Crippen LogP contribution is -2.40. The lowest BCUT2D eigenvalue weighted by molar-refractivity contribution is -0.119. The molecule has 2 amide bonds. The second-order valence-corrected chi connectivity index (χ2v) is 9.80. The van der Waals surface area contributed by atoms with E-state index < -0.39 is 0 Å². The van der Waals surface area contributed by atoms with Crippen molar-refractivity contribution in [2.45, 2.75) is 44.9 Å². The van der Waals surface area contributed by atoms with E-state index in [4.69, 9.17) is 10.8 Å². The summed E-state index contributed by atoms with van der Waals surface area (Å²) >= 11 is 0. The van der Waals surface area contributed by atoms with Crippen molar-refractivity contribution in [1.82, 2.24) is 14.7 Å². The molecule has 35 heavy (non-hydrogen) atoms. The second kappa shape index (κ2) is 10.4. The van der Waals surface area contributed by atoms with Gasteiger partial charge in [0, 0.05) is 24.6 Å². The van der Waals surface area contributed by atoms with E-state index in [0.717, 1.165) is 62.1 Å². The average molecular weight is 472 g/mol. The minimum Gasteiger partial charge on any atom is -0.370 e. The van der Waals surface area contributed by atoms with Crippen molar-refractivity contribution in [3.05, 3.63) is 65.7 Å². The maximum absolute atomic E-state index is 13.1. The van der Waals surface area contributed by atoms with Gasteiger partial charge in [-0.05, 0) is 80.3 Å². The Hall–Kier alpha value is -3.45. The summed E-state index contributed by atoms with van der Waals surface area (Å²) in [5.41, 5.74) is 11.0. The number of amides is 2. The molecule has 0 saturated carbocycles. The predicted molar refractivity (Wildman–Crippen MR) is 137 cm³/mol. The number of nitrogens with zero attached hydrogens (tertiary/aromatic N) is 3. The van der Waals surface area contributed by atoms with Crippen molar-refractivity contribution in [3.63, 3.8) is 0 Å². The third-order valence-electron chi connectivity index (χ3n) is 7.14. The highest BCUT2D eigenvalue weighted by Gasteiger charge is 2.23. The molecule has 1 atom stereocenters. The van der Waals surface area contributed by atoms with Gasteiger partial charge < -0.3 is 11.1 Å². The van der Waals surface area contributed by atoms with Crippen molar-refractivity contribution >= 4 is 17.6 Å². The van der Waals surface area contributed by atoms with Gasteiger partial charge in [-0.1, -0.05) is 30.3 Å². The molecule has 2 aliphatic rings. The molecule has 1 fully saturated rings. The van der Waals surface area contributed by atoms with Gasteiger partial charge in [0.15, 0.2) is 0 Å². The highest BCUT2D eigenvalue weighted by atomic mass is 16.2. The number of para-hydroxylation sites is 1. The fourth-order valence-corrected chi connectivity index (χ4v) is 5.37. The monoisotopic (exact) mass is 471 g/mol. The maximum Gasteiger partial charge on any atom is 0.239 e. The Morgan fingerprint density at radius 3 is 2.69 bits per heavy atom. The van der Waals surface area contributed by atoms with Gasteiger partial charge in [-0.2, -0.15) is 5.10 Å². The number of hydrogen-bond acceptors (Lipinski definition) is 4. The molecule has 0 radical (unpaired) electrons. The Bertz CT molecular complexity index is 1200. The number of aryl methyl sites for hydroxylation is 2. The van der Waals surface area contributed by atoms with E-state index in [2.05, 4.69) is 28.4 Å². The van der Waals surface area contributed by atoms with Crippen LogP contribution in [0.2, 0.25) is 0 Å². The van der Waals surface area contributed by atoms with Gasteiger partial charge in [-0.15, -0.1) is 0 Å². The van der Waals surface area contributed by atoms with E-state index in [9.17, 15) is 9.59 Å². The largest absolute Gasteiger partial charge is 0.370 e. The number of fused-ring (bicyclic) bond motifs is 1. The summed E-state index contributed by atoms with van der Waals surface area (Å²) in [6.45, 7) is 2.03. The highest BCUT2D eigenvalue weighted by molar-refractivity contribution is 5.92. The SMILES string of the molecule is NC(=O)CCC1CCCN(CC(=O)Nc2cc(-c3ccc4c(c3)CCC4)nn2-c2ccccc2)C1. The molecule has 7 nitrogen and oxygen atoms in total. The lowest BCUT2D eigenvalue weighted by Gasteiger charge is -2.32. The van der Waals surface area contributed by atoms with Gasteiger partial charge in [0.05, 0.1) is 17.9 Å². The molecule has 5 rings (SSSR count). The van der Waals surface area contributed by atoms with Crippen LogP contribution in [0, 0.1) is 5.92 Å². The van der Waals surface area contributed by atoms with E-state index in [-0.39, 0.29) is 11.8 Å². The van der Waals surface area contributed by atoms with E-state index >= 15 is 0 Å². The number of benzene rings is 2. The Kier molecular flexibility index (Phi) is 6.95. The van der Waals surface area contributed by atoms with Gasteiger partial charge in [0.1, 0.15) is 5.82 Å². The van der Waals surface area contributed by atoms with Crippen LogP contribution in [0.5, 0.6) is 0 Å². The lowest BCUT2D eigenvalue weighted by atomic mass is 9.93. The van der Waals surface area contributed by atoms with Crippen LogP contribution >= 0.6 is 0 Å². The fourth-order valence-electron chi connectivity index (χ4n) is 5.37. The second-order valence-electron chi connectivity index (χ2n) is 9.80. The molecular weight excluding hydrogens is 438 g/mol. The molecule has 2 aromatic carbocycles. The molecular formula is C28H33N5O2. The topological polar surface area (TPSA) is 93.2 Å². The maximum atomic E-state index is 13.1. The molecule has 2 heterocycles. The number of hydrogen-bond donors (Lipinski definition) is 2. The first kappa shape index (κ1) is 23.3. The normalized spacial score (nSPS) is 17.8. The zero-order chi connectivity index (χ0) is 24.2. The Balaban J connectivity index is 1.33. The van der Waals surface area contributed by atoms with E-state index in [1.54, 1.807) is 0 Å². The summed E-state index contributed by atoms with van der Waals surface area (Å²) in [4.78, 5) is 26.4. The molecule has 7 heteroatoms. The molecule has 3 N–H and O–H groups in total. The van der Waals surface area contributed by atoms with Gasteiger partial charge in [-0.3, -0.25) is 14.5 Å². The molecule has 1 aliphatic carbocycles. The summed E-state index contributed by atoms with van der Waals surface area (Å²) in [7, 11) is 0. The standard InChI is InChI=1S/C28H33N5O2/c29-26(34)14-11-20-6-5-15-32(18-20)19-28(35)30-27-17-25(31-33(27)24-9-2-1-3-10-24)23-13-12-21-7-4-8-22(21)16-23/h1-3,9-10,12-13,16-17,20H,4-8,11,14-15,18-19H2,(H2,29,34)(H,30,35). The van der Waals surface area contributed by atoms with Crippen LogP contribution in [-0.2, 0) is 22.4 Å². The molecule has 1 saturated heterocycles. The Morgan fingerprint density at radius 2 is 1.86 bits per heavy atom. The third-order valence-corrected chi connectivity index (χ3v) is 7.14. The minimum absolute atomic E-state index is 0.0573. The summed E-state index contributed by atoms with van der Waals surface area (Å²) < 4.78 is 1.81. The zero-order valence-electron chi connectivity index (χ0n) is 20.1. The number of nitrogens with two attached hydrogens (primary N) is 1. The van der Waals surface area contributed by atoms with Crippen molar-refractivity contribution < 1.29 is 9.59 Å². The van der Waals surface area contributed by atoms with Gasteiger partial charge in [-0.25, -0.2) is 4.68 Å². The van der Waals surface area contributed by atoms with Crippen LogP contribution in [0.3, 0.4) is 0 Å². The van der Waals surface area contributed by atoms with Crippen LogP contribution in [0.25, 0.3) is 16.9 Å². The molecule has 1 aromatic heterocycles. The van der Waals surface area contributed by atoms with Crippen LogP contribution < -0.4 is 11.1 Å². The summed E-state index contributed by atoms with van der Waals surface area (Å²) in [5.74, 6) is 0.760. The fraction of sp³-hybridized carbons (Fsp3) is 0.393. The van der Waals surface area contributed by atoms with Crippen molar-refractivity contribution in [3.8, 4) is 16.9 Å². The van der Waals surface area contributed by atoms with Crippen molar-refractivity contribution in [2.24, 2.45) is 11.7 Å². The quantitative estimate of drug-likeness (QED) is 0.520. The number of carbonyl (C=O) groups excluding carboxylic acids is 2. The van der Waals surface area contributed by atoms with Crippen LogP contribution in [0.1, 0.15) is 43.2 Å². The van der Waals surface area contributed by atoms with Crippen molar-refractivity contribution in [2.75, 3.05) is 25.0 Å². The molecule has 1 unspecified atom stereocenters. The van der Waals surface area contributed by atoms with Crippen LogP contribution in [0.15, 0.2) is 54.6 Å². The first-order valence-corrected chi connectivity index (χ1v) is 12.6. The van der Waals surface area contributed by atoms with Crippen LogP contribution in [-0.4, -0.2) is 46.1 Å². The van der Waals surface area contributed by atoms with E-state index in [0.29, 0.717) is 24.7 Å². The Labute approximate surface area is 206 Å². The highest BCUT2D eigenvalue weighted by Crippen LogP contribution is 2.30. The van der Waals surface area contributed by atoms with Gasteiger partial charge in [0.25, 0.3) is 0 Å². The van der Waals surface area contributed by atoms with Gasteiger partial charge >= 0.3 is 0 Å². The Morgan fingerprint density at radius 1 is 1.03 bits per heavy atom. The number of nitrogens with one attached hydrogen (secondary N) is 1. The summed E-state index contributed by atoms with van der Waals surface area (Å²) in [6.07, 6.45) is 6.78. The molecule has 0 spiro atoms. The number of piperidine rings is 1. The molecule has 0 bridgehead atoms. The number of carbonyl (C=O) groups is 2.